The summed E-state index contributed by atoms with van der Waals surface area (Å²) in [5.41, 5.74) is 11.3. The molecule has 0 bridgehead atoms. The molecule has 0 aliphatic rings. The van der Waals surface area contributed by atoms with E-state index in [1.54, 1.807) is 13.8 Å². The topological polar surface area (TPSA) is 47.1 Å². The quantitative estimate of drug-likeness (QED) is 0.0420. The molecular weight excluding hydrogens is 881 g/mol. The zero-order chi connectivity index (χ0) is 52.1. The molecule has 4 rings (SSSR count). The third-order valence-corrected chi connectivity index (χ3v) is 14.4. The number of anilines is 4. The van der Waals surface area contributed by atoms with Gasteiger partial charge in [0.2, 0.25) is 0 Å². The van der Waals surface area contributed by atoms with Crippen molar-refractivity contribution in [1.29, 1.82) is 0 Å². The first kappa shape index (κ1) is 59.5. The van der Waals surface area contributed by atoms with Gasteiger partial charge in [-0.15, -0.1) is 0 Å². The smallest absolute Gasteiger partial charge is 0.141 e. The molecule has 0 aliphatic heterocycles. The van der Waals surface area contributed by atoms with Crippen molar-refractivity contribution in [3.63, 3.8) is 0 Å². The molecule has 0 heterocycles. The van der Waals surface area contributed by atoms with E-state index in [0.717, 1.165) is 188 Å². The maximum atomic E-state index is 14.0. The molecule has 0 fully saturated rings. The second-order valence-corrected chi connectivity index (χ2v) is 20.4. The highest BCUT2D eigenvalue weighted by molar-refractivity contribution is 6.02. The summed E-state index contributed by atoms with van der Waals surface area (Å²) in [6.45, 7) is 29.6. The van der Waals surface area contributed by atoms with E-state index in [9.17, 15) is 9.59 Å². The van der Waals surface area contributed by atoms with Gasteiger partial charge in [0.1, 0.15) is 11.6 Å². The van der Waals surface area contributed by atoms with Gasteiger partial charge in [0.15, 0.2) is 0 Å². The Morgan fingerprint density at radius 2 is 0.514 bits per heavy atom. The van der Waals surface area contributed by atoms with Gasteiger partial charge < -0.3 is 19.6 Å². The molecule has 72 heavy (non-hydrogen) atoms. The Labute approximate surface area is 440 Å². The van der Waals surface area contributed by atoms with Crippen molar-refractivity contribution in [2.24, 2.45) is 11.8 Å². The van der Waals surface area contributed by atoms with Crippen molar-refractivity contribution in [3.8, 4) is 0 Å². The monoisotopic (exact) mass is 979 g/mol. The average Bonchev–Trinajstić information content (AvgIpc) is 3.40. The molecule has 0 N–H and O–H groups in total. The second-order valence-electron chi connectivity index (χ2n) is 20.4. The lowest BCUT2D eigenvalue weighted by molar-refractivity contribution is -0.131. The number of hydrogen-bond donors (Lipinski definition) is 0. The zero-order valence-electron chi connectivity index (χ0n) is 47.1. The first-order valence-electron chi connectivity index (χ1n) is 28.9. The van der Waals surface area contributed by atoms with Crippen LogP contribution in [0.3, 0.4) is 0 Å². The molecule has 4 aromatic rings. The lowest BCUT2D eigenvalue weighted by Crippen LogP contribution is -2.27. The number of benzene rings is 4. The maximum Gasteiger partial charge on any atom is 0.141 e. The Bertz CT molecular complexity index is 1850. The van der Waals surface area contributed by atoms with Crippen molar-refractivity contribution < 1.29 is 9.59 Å². The van der Waals surface area contributed by atoms with Gasteiger partial charge in [0.05, 0.1) is 5.92 Å². The van der Waals surface area contributed by atoms with Gasteiger partial charge in [-0.1, -0.05) is 167 Å². The van der Waals surface area contributed by atoms with Crippen molar-refractivity contribution in [3.05, 3.63) is 131 Å². The van der Waals surface area contributed by atoms with Crippen molar-refractivity contribution in [1.82, 2.24) is 0 Å². The number of Topliss-reactive ketones (excluding diaryl/α,β-unsaturated/α-hetero) is 2. The highest BCUT2D eigenvalue weighted by atomic mass is 16.1. The van der Waals surface area contributed by atoms with E-state index in [2.05, 4.69) is 184 Å². The Morgan fingerprint density at radius 1 is 0.333 bits per heavy atom. The normalized spacial score (nSPS) is 11.2. The van der Waals surface area contributed by atoms with Crippen LogP contribution in [0.1, 0.15) is 194 Å². The lowest BCUT2D eigenvalue weighted by atomic mass is 9.80. The molecule has 6 heteroatoms. The Kier molecular flexibility index (Phi) is 27.7. The minimum absolute atomic E-state index is 0.120. The maximum absolute atomic E-state index is 14.0. The van der Waals surface area contributed by atoms with Crippen LogP contribution in [0.5, 0.6) is 0 Å². The van der Waals surface area contributed by atoms with Crippen LogP contribution in [0, 0.1) is 11.8 Å². The first-order chi connectivity index (χ1) is 35.1. The van der Waals surface area contributed by atoms with Gasteiger partial charge >= 0.3 is 0 Å². The number of carbonyl (C=O) groups excluding carboxylic acids is 2. The number of unbranched alkanes of at least 4 members (excludes halogenated alkanes) is 8. The Balaban J connectivity index is 2.04. The van der Waals surface area contributed by atoms with Crippen LogP contribution >= 0.6 is 0 Å². The third-order valence-electron chi connectivity index (χ3n) is 14.4. The molecule has 0 unspecified atom stereocenters. The van der Waals surface area contributed by atoms with E-state index in [1.807, 2.05) is 0 Å². The predicted molar refractivity (Wildman–Crippen MR) is 316 cm³/mol. The molecule has 0 saturated carbocycles. The van der Waals surface area contributed by atoms with Gasteiger partial charge in [-0.2, -0.15) is 0 Å². The second kappa shape index (κ2) is 33.6. The largest absolute Gasteiger partial charge is 0.372 e. The molecule has 6 nitrogen and oxygen atoms in total. The van der Waals surface area contributed by atoms with E-state index in [0.29, 0.717) is 0 Å². The SMILES string of the molecule is CCCCN(CCCC)c1ccc(C(=CC(C=C(c2ccc(N(CCCC)CCCC)cc2)c2ccc(N(CCCC)CCCC)cc2)C(C(C)=O)C(C)=O)c2ccc(N(CCCC)CCCC)cc2)cc1. The highest BCUT2D eigenvalue weighted by Gasteiger charge is 2.29. The van der Waals surface area contributed by atoms with Crippen molar-refractivity contribution >= 4 is 45.5 Å². The summed E-state index contributed by atoms with van der Waals surface area (Å²) < 4.78 is 0. The summed E-state index contributed by atoms with van der Waals surface area (Å²) in [5, 5.41) is 0. The number of nitrogens with zero attached hydrogens (tertiary/aromatic N) is 4. The minimum Gasteiger partial charge on any atom is -0.372 e. The highest BCUT2D eigenvalue weighted by Crippen LogP contribution is 2.36. The van der Waals surface area contributed by atoms with E-state index in [4.69, 9.17) is 0 Å². The van der Waals surface area contributed by atoms with Crippen LogP contribution in [0.4, 0.5) is 22.7 Å². The molecule has 0 aromatic heterocycles. The molecule has 0 amide bonds. The van der Waals surface area contributed by atoms with E-state index >= 15 is 0 Å². The predicted octanol–water partition coefficient (Wildman–Crippen LogP) is 17.3. The van der Waals surface area contributed by atoms with Crippen LogP contribution in [-0.4, -0.2) is 63.9 Å². The fourth-order valence-corrected chi connectivity index (χ4v) is 9.85. The summed E-state index contributed by atoms with van der Waals surface area (Å²) in [7, 11) is 0. The van der Waals surface area contributed by atoms with E-state index < -0.39 is 11.8 Å². The average molecular weight is 980 g/mol. The minimum atomic E-state index is -0.860. The molecule has 0 spiro atoms. The van der Waals surface area contributed by atoms with E-state index in [-0.39, 0.29) is 11.6 Å². The fraction of sp³-hybridized carbons (Fsp3) is 0.545. The fourth-order valence-electron chi connectivity index (χ4n) is 9.85. The number of allylic oxidation sites excluding steroid dienone is 2. The van der Waals surface area contributed by atoms with Gasteiger partial charge in [0, 0.05) is 81.0 Å². The molecule has 0 aliphatic carbocycles. The van der Waals surface area contributed by atoms with Gasteiger partial charge in [-0.05, 0) is 147 Å². The molecule has 0 atom stereocenters. The summed E-state index contributed by atoms with van der Waals surface area (Å²) in [6, 6.07) is 36.3. The molecule has 4 aromatic carbocycles. The summed E-state index contributed by atoms with van der Waals surface area (Å²) in [5.74, 6) is -1.63. The number of rotatable bonds is 37. The lowest BCUT2D eigenvalue weighted by Gasteiger charge is -2.27. The molecular formula is C66H98N4O2. The van der Waals surface area contributed by atoms with Crippen LogP contribution in [0.15, 0.2) is 109 Å². The van der Waals surface area contributed by atoms with Gasteiger partial charge in [-0.3, -0.25) is 9.59 Å². The molecule has 0 radical (unpaired) electrons. The number of carbonyl (C=O) groups is 2. The summed E-state index contributed by atoms with van der Waals surface area (Å²) >= 11 is 0. The van der Waals surface area contributed by atoms with Crippen molar-refractivity contribution in [2.45, 2.75) is 172 Å². The number of ketones is 2. The molecule has 394 valence electrons. The summed E-state index contributed by atoms with van der Waals surface area (Å²) in [6.07, 6.45) is 23.0. The standard InChI is InChI=1S/C66H98N4O2/c1-11-19-43-67(44-20-12-2)60-35-27-55(28-36-60)64(56-29-37-61(38-30-56)68(45-21-13-3)46-22-14-4)51-59(66(53(9)71)54(10)72)52-65(57-31-39-62(40-32-57)69(47-23-15-5)48-24-16-6)58-33-41-63(42-34-58)70(49-25-17-7)50-26-18-8/h27-42,51-52,59,66H,11-26,43-50H2,1-10H3. The van der Waals surface area contributed by atoms with Crippen LogP contribution in [0.2, 0.25) is 0 Å². The summed E-state index contributed by atoms with van der Waals surface area (Å²) in [4.78, 5) is 38.1. The van der Waals surface area contributed by atoms with Crippen LogP contribution < -0.4 is 19.6 Å². The van der Waals surface area contributed by atoms with Gasteiger partial charge in [0.25, 0.3) is 0 Å². The Morgan fingerprint density at radius 3 is 0.667 bits per heavy atom. The number of hydrogen-bond acceptors (Lipinski definition) is 6. The zero-order valence-corrected chi connectivity index (χ0v) is 47.1. The third kappa shape index (κ3) is 18.7. The van der Waals surface area contributed by atoms with Crippen LogP contribution in [-0.2, 0) is 9.59 Å². The van der Waals surface area contributed by atoms with Gasteiger partial charge in [-0.25, -0.2) is 0 Å². The first-order valence-corrected chi connectivity index (χ1v) is 28.9. The van der Waals surface area contributed by atoms with E-state index in [1.165, 1.54) is 22.7 Å². The van der Waals surface area contributed by atoms with Crippen LogP contribution in [0.25, 0.3) is 11.1 Å². The molecule has 0 saturated heterocycles. The Hall–Kier alpha value is -5.10. The van der Waals surface area contributed by atoms with Crippen molar-refractivity contribution in [2.75, 3.05) is 72.0 Å².